The third kappa shape index (κ3) is 4.33. The summed E-state index contributed by atoms with van der Waals surface area (Å²) in [6, 6.07) is 27.3. The fraction of sp³-hybridized carbons (Fsp3) is 0.0741. The predicted molar refractivity (Wildman–Crippen MR) is 136 cm³/mol. The number of hydrogen-bond acceptors (Lipinski definition) is 5. The lowest BCUT2D eigenvalue weighted by Crippen LogP contribution is -2.25. The molecule has 0 aliphatic carbocycles. The first-order chi connectivity index (χ1) is 16.1. The molecule has 6 heteroatoms. The fourth-order valence-electron chi connectivity index (χ4n) is 3.52. The van der Waals surface area contributed by atoms with E-state index in [-0.39, 0.29) is 5.91 Å². The molecule has 1 amide bonds. The zero-order valence-electron chi connectivity index (χ0n) is 18.2. The molecule has 4 aromatic carbocycles. The van der Waals surface area contributed by atoms with Crippen LogP contribution in [0, 0.1) is 6.92 Å². The third-order valence-electron chi connectivity index (χ3n) is 5.35. The Kier molecular flexibility index (Phi) is 5.59. The van der Waals surface area contributed by atoms with Gasteiger partial charge < -0.3 is 4.74 Å². The molecule has 5 nitrogen and oxygen atoms in total. The van der Waals surface area contributed by atoms with Crippen molar-refractivity contribution in [1.82, 2.24) is 4.98 Å². The first kappa shape index (κ1) is 20.8. The van der Waals surface area contributed by atoms with Crippen molar-refractivity contribution in [3.63, 3.8) is 0 Å². The first-order valence-electron chi connectivity index (χ1n) is 10.5. The van der Waals surface area contributed by atoms with Crippen LogP contribution in [0.15, 0.2) is 90.0 Å². The molecule has 0 saturated heterocycles. The number of thiazole rings is 1. The van der Waals surface area contributed by atoms with Gasteiger partial charge in [-0.25, -0.2) is 4.98 Å². The molecule has 0 saturated carbocycles. The summed E-state index contributed by atoms with van der Waals surface area (Å²) in [5.41, 5.74) is 3.40. The molecule has 0 aliphatic rings. The summed E-state index contributed by atoms with van der Waals surface area (Å²) in [7, 11) is 1.63. The Bertz CT molecular complexity index is 1490. The van der Waals surface area contributed by atoms with E-state index < -0.39 is 0 Å². The molecule has 0 spiro atoms. The average molecular weight is 452 g/mol. The number of aromatic nitrogens is 1. The lowest BCUT2D eigenvalue weighted by molar-refractivity contribution is 0.0988. The monoisotopic (exact) mass is 451 g/mol. The Hall–Kier alpha value is -4.03. The van der Waals surface area contributed by atoms with Gasteiger partial charge in [-0.15, -0.1) is 0 Å². The maximum atomic E-state index is 13.6. The van der Waals surface area contributed by atoms with Crippen LogP contribution >= 0.6 is 11.3 Å². The number of hydrazone groups is 1. The van der Waals surface area contributed by atoms with Crippen LogP contribution in [0.1, 0.15) is 21.5 Å². The van der Waals surface area contributed by atoms with E-state index in [9.17, 15) is 4.79 Å². The van der Waals surface area contributed by atoms with Crippen LogP contribution in [-0.2, 0) is 0 Å². The number of methoxy groups -OCH3 is 1. The van der Waals surface area contributed by atoms with Gasteiger partial charge in [0.2, 0.25) is 5.13 Å². The minimum absolute atomic E-state index is 0.241. The van der Waals surface area contributed by atoms with Crippen molar-refractivity contribution in [2.24, 2.45) is 5.10 Å². The van der Waals surface area contributed by atoms with Crippen molar-refractivity contribution in [3.8, 4) is 5.75 Å². The van der Waals surface area contributed by atoms with E-state index in [1.165, 1.54) is 16.3 Å². The molecule has 162 valence electrons. The Labute approximate surface area is 195 Å². The number of hydrogen-bond donors (Lipinski definition) is 0. The molecular weight excluding hydrogens is 430 g/mol. The molecule has 0 bridgehead atoms. The van der Waals surface area contributed by atoms with Gasteiger partial charge in [-0.3, -0.25) is 4.79 Å². The van der Waals surface area contributed by atoms with Crippen LogP contribution in [0.5, 0.6) is 5.75 Å². The van der Waals surface area contributed by atoms with Crippen LogP contribution in [0.25, 0.3) is 21.0 Å². The van der Waals surface area contributed by atoms with E-state index in [1.807, 2.05) is 91.9 Å². The summed E-state index contributed by atoms with van der Waals surface area (Å²) in [6.07, 6.45) is 1.69. The van der Waals surface area contributed by atoms with E-state index in [1.54, 1.807) is 13.3 Å². The van der Waals surface area contributed by atoms with Crippen LogP contribution in [0.4, 0.5) is 5.13 Å². The zero-order chi connectivity index (χ0) is 22.8. The van der Waals surface area contributed by atoms with Crippen molar-refractivity contribution < 1.29 is 9.53 Å². The Morgan fingerprint density at radius 3 is 2.55 bits per heavy atom. The second-order valence-corrected chi connectivity index (χ2v) is 8.67. The highest BCUT2D eigenvalue weighted by Gasteiger charge is 2.21. The van der Waals surface area contributed by atoms with Gasteiger partial charge in [-0.2, -0.15) is 10.1 Å². The van der Waals surface area contributed by atoms with Crippen LogP contribution in [0.3, 0.4) is 0 Å². The molecule has 0 radical (unpaired) electrons. The molecule has 0 aliphatic heterocycles. The number of carbonyl (C=O) groups is 1. The van der Waals surface area contributed by atoms with Gasteiger partial charge in [0, 0.05) is 5.56 Å². The highest BCUT2D eigenvalue weighted by molar-refractivity contribution is 7.22. The predicted octanol–water partition coefficient (Wildman–Crippen LogP) is 6.45. The van der Waals surface area contributed by atoms with Crippen molar-refractivity contribution in [3.05, 3.63) is 102 Å². The molecule has 5 aromatic rings. The Morgan fingerprint density at radius 2 is 1.76 bits per heavy atom. The normalized spacial score (nSPS) is 11.3. The molecular formula is C27H21N3O2S. The summed E-state index contributed by atoms with van der Waals surface area (Å²) >= 11 is 1.40. The molecule has 5 rings (SSSR count). The van der Waals surface area contributed by atoms with Gasteiger partial charge in [-0.05, 0) is 53.6 Å². The van der Waals surface area contributed by atoms with Crippen LogP contribution < -0.4 is 9.75 Å². The highest BCUT2D eigenvalue weighted by Crippen LogP contribution is 2.32. The summed E-state index contributed by atoms with van der Waals surface area (Å²) in [6.45, 7) is 2.03. The summed E-state index contributed by atoms with van der Waals surface area (Å²) in [5, 5.41) is 8.52. The number of benzene rings is 4. The number of amides is 1. The topological polar surface area (TPSA) is 54.8 Å². The van der Waals surface area contributed by atoms with E-state index in [4.69, 9.17) is 4.74 Å². The minimum atomic E-state index is -0.241. The van der Waals surface area contributed by atoms with Crippen molar-refractivity contribution >= 4 is 49.6 Å². The van der Waals surface area contributed by atoms with Gasteiger partial charge in [-0.1, -0.05) is 71.5 Å². The molecule has 0 fully saturated rings. The lowest BCUT2D eigenvalue weighted by atomic mass is 10.1. The minimum Gasteiger partial charge on any atom is -0.497 e. The number of carbonyl (C=O) groups excluding carboxylic acids is 1. The standard InChI is InChI=1S/C27H21N3O2S/c1-18-7-9-19(10-8-18)17-28-30(27-29-24-14-13-23(32-2)16-25(24)33-27)26(31)22-12-11-20-5-3-4-6-21(20)15-22/h3-17H,1-2H3/b28-17+. The number of nitrogens with zero attached hydrogens (tertiary/aromatic N) is 3. The molecule has 1 heterocycles. The second-order valence-electron chi connectivity index (χ2n) is 7.66. The first-order valence-corrected chi connectivity index (χ1v) is 11.3. The van der Waals surface area contributed by atoms with E-state index in [0.29, 0.717) is 10.7 Å². The van der Waals surface area contributed by atoms with Gasteiger partial charge >= 0.3 is 0 Å². The molecule has 1 aromatic heterocycles. The van der Waals surface area contributed by atoms with Crippen LogP contribution in [-0.4, -0.2) is 24.2 Å². The molecule has 0 unspecified atom stereocenters. The molecule has 33 heavy (non-hydrogen) atoms. The summed E-state index contributed by atoms with van der Waals surface area (Å²) in [5.74, 6) is 0.503. The Morgan fingerprint density at radius 1 is 0.970 bits per heavy atom. The molecule has 0 N–H and O–H groups in total. The van der Waals surface area contributed by atoms with E-state index >= 15 is 0 Å². The SMILES string of the molecule is COc1ccc2nc(N(/N=C/c3ccc(C)cc3)C(=O)c3ccc4ccccc4c3)sc2c1. The lowest BCUT2D eigenvalue weighted by Gasteiger charge is -2.14. The highest BCUT2D eigenvalue weighted by atomic mass is 32.1. The number of fused-ring (bicyclic) bond motifs is 2. The van der Waals surface area contributed by atoms with Gasteiger partial charge in [0.05, 0.1) is 23.5 Å². The van der Waals surface area contributed by atoms with Crippen molar-refractivity contribution in [1.29, 1.82) is 0 Å². The molecule has 0 atom stereocenters. The number of anilines is 1. The third-order valence-corrected chi connectivity index (χ3v) is 6.35. The van der Waals surface area contributed by atoms with E-state index in [0.717, 1.165) is 37.9 Å². The van der Waals surface area contributed by atoms with E-state index in [2.05, 4.69) is 10.1 Å². The van der Waals surface area contributed by atoms with Gasteiger partial charge in [0.25, 0.3) is 5.91 Å². The quantitative estimate of drug-likeness (QED) is 0.228. The van der Waals surface area contributed by atoms with Crippen molar-refractivity contribution in [2.75, 3.05) is 12.1 Å². The van der Waals surface area contributed by atoms with Crippen LogP contribution in [0.2, 0.25) is 0 Å². The maximum Gasteiger partial charge on any atom is 0.280 e. The number of ether oxygens (including phenoxy) is 1. The van der Waals surface area contributed by atoms with Gasteiger partial charge in [0.15, 0.2) is 0 Å². The number of aryl methyl sites for hydroxylation is 1. The number of rotatable bonds is 5. The smallest absolute Gasteiger partial charge is 0.280 e. The average Bonchev–Trinajstić information content (AvgIpc) is 3.27. The maximum absolute atomic E-state index is 13.6. The Balaban J connectivity index is 1.57. The van der Waals surface area contributed by atoms with Crippen molar-refractivity contribution in [2.45, 2.75) is 6.92 Å². The second kappa shape index (κ2) is 8.84. The largest absolute Gasteiger partial charge is 0.497 e. The van der Waals surface area contributed by atoms with Gasteiger partial charge in [0.1, 0.15) is 5.75 Å². The summed E-state index contributed by atoms with van der Waals surface area (Å²) in [4.78, 5) is 18.3. The zero-order valence-corrected chi connectivity index (χ0v) is 19.0. The fourth-order valence-corrected chi connectivity index (χ4v) is 4.47. The summed E-state index contributed by atoms with van der Waals surface area (Å²) < 4.78 is 6.26.